The Kier molecular flexibility index (Phi) is 5.99. The van der Waals surface area contributed by atoms with E-state index in [1.54, 1.807) is 32.4 Å². The summed E-state index contributed by atoms with van der Waals surface area (Å²) in [5.41, 5.74) is 1.70. The number of methoxy groups -OCH3 is 2. The number of halogens is 1. The molecule has 1 amide bonds. The topological polar surface area (TPSA) is 38.8 Å². The van der Waals surface area contributed by atoms with E-state index in [1.807, 2.05) is 17.0 Å². The molecule has 27 heavy (non-hydrogen) atoms. The van der Waals surface area contributed by atoms with E-state index in [1.165, 1.54) is 12.1 Å². The van der Waals surface area contributed by atoms with Crippen molar-refractivity contribution in [2.75, 3.05) is 14.2 Å². The summed E-state index contributed by atoms with van der Waals surface area (Å²) >= 11 is 0. The standard InChI is InChI=1S/C22H26FNO3/c1-15-4-11-19(12-7-16-5-9-18(23)10-6-16)24(15)22(25)17-8-13-20(26-2)21(14-17)27-3/h5-6,8-10,13-15,19H,4,7,11-12H2,1-3H3/t15-,19-/m1/s1. The lowest BCUT2D eigenvalue weighted by atomic mass is 10.0. The fourth-order valence-corrected chi connectivity index (χ4v) is 3.82. The van der Waals surface area contributed by atoms with Crippen molar-refractivity contribution in [3.8, 4) is 11.5 Å². The summed E-state index contributed by atoms with van der Waals surface area (Å²) in [7, 11) is 3.14. The number of hydrogen-bond acceptors (Lipinski definition) is 3. The van der Waals surface area contributed by atoms with E-state index in [9.17, 15) is 9.18 Å². The lowest BCUT2D eigenvalue weighted by Gasteiger charge is -2.29. The monoisotopic (exact) mass is 371 g/mol. The lowest BCUT2D eigenvalue weighted by molar-refractivity contribution is 0.0672. The Bertz CT molecular complexity index is 791. The number of rotatable bonds is 6. The van der Waals surface area contributed by atoms with Crippen LogP contribution in [0.15, 0.2) is 42.5 Å². The van der Waals surface area contributed by atoms with Crippen LogP contribution in [0.5, 0.6) is 11.5 Å². The van der Waals surface area contributed by atoms with Gasteiger partial charge in [-0.1, -0.05) is 12.1 Å². The Morgan fingerprint density at radius 1 is 1.07 bits per heavy atom. The van der Waals surface area contributed by atoms with E-state index in [0.717, 1.165) is 31.2 Å². The second-order valence-corrected chi connectivity index (χ2v) is 7.03. The van der Waals surface area contributed by atoms with Crippen LogP contribution in [0, 0.1) is 5.82 Å². The smallest absolute Gasteiger partial charge is 0.254 e. The molecule has 0 radical (unpaired) electrons. The molecule has 0 N–H and O–H groups in total. The highest BCUT2D eigenvalue weighted by Gasteiger charge is 2.34. The molecule has 1 saturated heterocycles. The van der Waals surface area contributed by atoms with Crippen molar-refractivity contribution in [1.82, 2.24) is 4.90 Å². The van der Waals surface area contributed by atoms with Gasteiger partial charge in [0, 0.05) is 17.6 Å². The molecule has 2 atom stereocenters. The van der Waals surface area contributed by atoms with Crippen LogP contribution in [0.2, 0.25) is 0 Å². The molecule has 0 aliphatic carbocycles. The van der Waals surface area contributed by atoms with E-state index in [2.05, 4.69) is 6.92 Å². The zero-order valence-electron chi connectivity index (χ0n) is 16.1. The van der Waals surface area contributed by atoms with Gasteiger partial charge >= 0.3 is 0 Å². The van der Waals surface area contributed by atoms with Gasteiger partial charge in [0.05, 0.1) is 14.2 Å². The van der Waals surface area contributed by atoms with Gasteiger partial charge in [-0.25, -0.2) is 4.39 Å². The minimum absolute atomic E-state index is 0.0186. The summed E-state index contributed by atoms with van der Waals surface area (Å²) in [6.07, 6.45) is 3.68. The lowest BCUT2D eigenvalue weighted by Crippen LogP contribution is -2.40. The van der Waals surface area contributed by atoms with E-state index >= 15 is 0 Å². The molecule has 144 valence electrons. The molecule has 0 spiro atoms. The second kappa shape index (κ2) is 8.42. The predicted molar refractivity (Wildman–Crippen MR) is 103 cm³/mol. The zero-order chi connectivity index (χ0) is 19.4. The fraction of sp³-hybridized carbons (Fsp3) is 0.409. The van der Waals surface area contributed by atoms with Crippen LogP contribution < -0.4 is 9.47 Å². The van der Waals surface area contributed by atoms with Crippen LogP contribution in [0.25, 0.3) is 0 Å². The van der Waals surface area contributed by atoms with Gasteiger partial charge in [-0.15, -0.1) is 0 Å². The molecule has 0 unspecified atom stereocenters. The summed E-state index contributed by atoms with van der Waals surface area (Å²) in [5, 5.41) is 0. The van der Waals surface area contributed by atoms with Gasteiger partial charge in [0.1, 0.15) is 5.82 Å². The van der Waals surface area contributed by atoms with Crippen LogP contribution in [0.1, 0.15) is 42.1 Å². The number of ether oxygens (including phenoxy) is 2. The third kappa shape index (κ3) is 4.24. The van der Waals surface area contributed by atoms with Crippen molar-refractivity contribution in [3.63, 3.8) is 0 Å². The largest absolute Gasteiger partial charge is 0.493 e. The molecule has 0 aromatic heterocycles. The normalized spacial score (nSPS) is 19.2. The molecule has 4 nitrogen and oxygen atoms in total. The molecule has 3 rings (SSSR count). The molecule has 5 heteroatoms. The van der Waals surface area contributed by atoms with E-state index in [-0.39, 0.29) is 23.8 Å². The number of amides is 1. The van der Waals surface area contributed by atoms with Crippen molar-refractivity contribution < 1.29 is 18.7 Å². The number of hydrogen-bond donors (Lipinski definition) is 0. The minimum atomic E-state index is -0.224. The summed E-state index contributed by atoms with van der Waals surface area (Å²) < 4.78 is 23.7. The van der Waals surface area contributed by atoms with E-state index in [0.29, 0.717) is 17.1 Å². The van der Waals surface area contributed by atoms with Crippen molar-refractivity contribution in [2.45, 2.75) is 44.7 Å². The van der Waals surface area contributed by atoms with Gasteiger partial charge in [-0.3, -0.25) is 4.79 Å². The quantitative estimate of drug-likeness (QED) is 0.752. The van der Waals surface area contributed by atoms with Crippen LogP contribution >= 0.6 is 0 Å². The number of carbonyl (C=O) groups is 1. The van der Waals surface area contributed by atoms with Crippen LogP contribution in [-0.4, -0.2) is 37.1 Å². The summed E-state index contributed by atoms with van der Waals surface area (Å²) in [6.45, 7) is 2.09. The summed E-state index contributed by atoms with van der Waals surface area (Å²) in [4.78, 5) is 15.2. The van der Waals surface area contributed by atoms with Crippen LogP contribution in [0.3, 0.4) is 0 Å². The molecule has 0 saturated carbocycles. The summed E-state index contributed by atoms with van der Waals surface area (Å²) in [5.74, 6) is 0.956. The van der Waals surface area contributed by atoms with Crippen LogP contribution in [0.4, 0.5) is 4.39 Å². The Labute approximate surface area is 159 Å². The Morgan fingerprint density at radius 3 is 2.44 bits per heavy atom. The van der Waals surface area contributed by atoms with Crippen molar-refractivity contribution in [3.05, 3.63) is 59.4 Å². The first-order valence-corrected chi connectivity index (χ1v) is 9.32. The molecule has 2 aromatic carbocycles. The molecule has 1 aliphatic rings. The highest BCUT2D eigenvalue weighted by molar-refractivity contribution is 5.95. The number of carbonyl (C=O) groups excluding carboxylic acids is 1. The fourth-order valence-electron chi connectivity index (χ4n) is 3.82. The molecule has 1 heterocycles. The second-order valence-electron chi connectivity index (χ2n) is 7.03. The predicted octanol–water partition coefficient (Wildman–Crippen LogP) is 4.47. The molecular weight excluding hydrogens is 345 g/mol. The summed E-state index contributed by atoms with van der Waals surface area (Å²) in [6, 6.07) is 12.3. The minimum Gasteiger partial charge on any atom is -0.493 e. The van der Waals surface area contributed by atoms with Gasteiger partial charge < -0.3 is 14.4 Å². The Balaban J connectivity index is 1.74. The average Bonchev–Trinajstić information content (AvgIpc) is 3.06. The van der Waals surface area contributed by atoms with Gasteiger partial charge in [0.25, 0.3) is 5.91 Å². The van der Waals surface area contributed by atoms with Gasteiger partial charge in [0.15, 0.2) is 11.5 Å². The SMILES string of the molecule is COc1ccc(C(=O)N2[C@@H](CCc3ccc(F)cc3)CC[C@H]2C)cc1OC. The third-order valence-electron chi connectivity index (χ3n) is 5.33. The number of aryl methyl sites for hydroxylation is 1. The Morgan fingerprint density at radius 2 is 1.78 bits per heavy atom. The van der Waals surface area contributed by atoms with Crippen molar-refractivity contribution in [1.29, 1.82) is 0 Å². The highest BCUT2D eigenvalue weighted by atomic mass is 19.1. The molecule has 1 aliphatic heterocycles. The van der Waals surface area contributed by atoms with Gasteiger partial charge in [0.2, 0.25) is 0 Å². The highest BCUT2D eigenvalue weighted by Crippen LogP contribution is 2.32. The maximum Gasteiger partial charge on any atom is 0.254 e. The first-order valence-electron chi connectivity index (χ1n) is 9.32. The third-order valence-corrected chi connectivity index (χ3v) is 5.33. The van der Waals surface area contributed by atoms with Crippen molar-refractivity contribution >= 4 is 5.91 Å². The molecule has 1 fully saturated rings. The maximum absolute atomic E-state index is 13.2. The van der Waals surface area contributed by atoms with E-state index in [4.69, 9.17) is 9.47 Å². The molecular formula is C22H26FNO3. The van der Waals surface area contributed by atoms with Crippen molar-refractivity contribution in [2.24, 2.45) is 0 Å². The number of likely N-dealkylation sites (tertiary alicyclic amines) is 1. The first kappa shape index (κ1) is 19.2. The number of benzene rings is 2. The van der Waals surface area contributed by atoms with E-state index < -0.39 is 0 Å². The zero-order valence-corrected chi connectivity index (χ0v) is 16.1. The van der Waals surface area contributed by atoms with Gasteiger partial charge in [-0.05, 0) is 68.5 Å². The van der Waals surface area contributed by atoms with Crippen LogP contribution in [-0.2, 0) is 6.42 Å². The Hall–Kier alpha value is -2.56. The first-order chi connectivity index (χ1) is 13.0. The number of nitrogens with zero attached hydrogens (tertiary/aromatic N) is 1. The average molecular weight is 371 g/mol. The molecule has 0 bridgehead atoms. The maximum atomic E-state index is 13.2. The molecule has 2 aromatic rings. The van der Waals surface area contributed by atoms with Gasteiger partial charge in [-0.2, -0.15) is 0 Å².